The second kappa shape index (κ2) is 5.27. The molecule has 1 aromatic carbocycles. The van der Waals surface area contributed by atoms with Crippen molar-refractivity contribution in [1.82, 2.24) is 5.01 Å². The highest BCUT2D eigenvalue weighted by Gasteiger charge is 2.59. The Bertz CT molecular complexity index is 737. The molecule has 23 heavy (non-hydrogen) atoms. The number of aromatic hydroxyl groups is 1. The Morgan fingerprint density at radius 2 is 1.61 bits per heavy atom. The molecule has 7 heteroatoms. The standard InChI is InChI=1S/C16H12Br2N2O3/c17-10-3-7(4-11(18)14(10)21)6-19-20-15(22)12-8-1-2-9(5-8)13(12)16(20)23/h1-4,6,8-9,12-13,21H,5H2. The van der Waals surface area contributed by atoms with Gasteiger partial charge in [-0.15, -0.1) is 0 Å². The molecule has 1 N–H and O–H groups in total. The second-order valence-corrected chi connectivity index (χ2v) is 7.77. The van der Waals surface area contributed by atoms with Crippen molar-refractivity contribution in [1.29, 1.82) is 0 Å². The summed E-state index contributed by atoms with van der Waals surface area (Å²) >= 11 is 6.48. The van der Waals surface area contributed by atoms with Gasteiger partial charge in [0.25, 0.3) is 11.8 Å². The van der Waals surface area contributed by atoms with Crippen molar-refractivity contribution in [3.05, 3.63) is 38.8 Å². The average Bonchev–Trinajstić information content (AvgIpc) is 3.18. The Labute approximate surface area is 149 Å². The van der Waals surface area contributed by atoms with Crippen LogP contribution in [-0.2, 0) is 9.59 Å². The number of allylic oxidation sites excluding steroid dienone is 2. The molecule has 5 nitrogen and oxygen atoms in total. The van der Waals surface area contributed by atoms with E-state index < -0.39 is 0 Å². The molecule has 4 rings (SSSR count). The van der Waals surface area contributed by atoms with Crippen molar-refractivity contribution in [2.24, 2.45) is 28.8 Å². The first-order chi connectivity index (χ1) is 11.0. The molecule has 1 aromatic rings. The Balaban J connectivity index is 1.60. The molecule has 1 saturated heterocycles. The lowest BCUT2D eigenvalue weighted by atomic mass is 9.85. The normalized spacial score (nSPS) is 31.7. The fraction of sp³-hybridized carbons (Fsp3) is 0.312. The first-order valence-electron chi connectivity index (χ1n) is 7.25. The van der Waals surface area contributed by atoms with E-state index in [1.165, 1.54) is 6.21 Å². The molecular formula is C16H12Br2N2O3. The molecule has 3 aliphatic rings. The predicted octanol–water partition coefficient (Wildman–Crippen LogP) is 3.06. The number of imide groups is 1. The zero-order valence-electron chi connectivity index (χ0n) is 11.8. The van der Waals surface area contributed by atoms with E-state index in [0.717, 1.165) is 11.4 Å². The summed E-state index contributed by atoms with van der Waals surface area (Å²) in [6.45, 7) is 0. The molecule has 0 radical (unpaired) electrons. The maximum atomic E-state index is 12.5. The van der Waals surface area contributed by atoms with Gasteiger partial charge in [-0.25, -0.2) is 0 Å². The van der Waals surface area contributed by atoms with Crippen molar-refractivity contribution in [3.8, 4) is 5.75 Å². The van der Waals surface area contributed by atoms with Gasteiger partial charge in [-0.05, 0) is 67.8 Å². The van der Waals surface area contributed by atoms with Gasteiger partial charge in [0, 0.05) is 0 Å². The van der Waals surface area contributed by atoms with E-state index in [1.807, 2.05) is 0 Å². The van der Waals surface area contributed by atoms with Gasteiger partial charge in [0.2, 0.25) is 0 Å². The SMILES string of the molecule is O=C1C2C3C=CC(C3)C2C(=O)N1N=Cc1cc(Br)c(O)c(Br)c1. The van der Waals surface area contributed by atoms with Gasteiger partial charge in [0.05, 0.1) is 27.0 Å². The monoisotopic (exact) mass is 438 g/mol. The van der Waals surface area contributed by atoms with Gasteiger partial charge >= 0.3 is 0 Å². The molecular weight excluding hydrogens is 428 g/mol. The van der Waals surface area contributed by atoms with E-state index in [-0.39, 0.29) is 41.2 Å². The van der Waals surface area contributed by atoms with Crippen molar-refractivity contribution in [2.75, 3.05) is 0 Å². The summed E-state index contributed by atoms with van der Waals surface area (Å²) in [5.41, 5.74) is 0.667. The number of hydrogen-bond donors (Lipinski definition) is 1. The zero-order chi connectivity index (χ0) is 16.3. The summed E-state index contributed by atoms with van der Waals surface area (Å²) in [5, 5.41) is 14.8. The van der Waals surface area contributed by atoms with Crippen LogP contribution in [0.4, 0.5) is 0 Å². The average molecular weight is 440 g/mol. The number of fused-ring (bicyclic) bond motifs is 5. The number of rotatable bonds is 2. The van der Waals surface area contributed by atoms with Crippen LogP contribution in [0, 0.1) is 23.7 Å². The molecule has 118 valence electrons. The van der Waals surface area contributed by atoms with Gasteiger partial charge < -0.3 is 5.11 Å². The number of hydrogen-bond acceptors (Lipinski definition) is 4. The summed E-state index contributed by atoms with van der Waals surface area (Å²) in [5.74, 6) is -0.444. The number of carbonyl (C=O) groups is 2. The third-order valence-electron chi connectivity index (χ3n) is 4.81. The summed E-state index contributed by atoms with van der Waals surface area (Å²) in [7, 11) is 0. The number of halogens is 2. The Hall–Kier alpha value is -1.47. The van der Waals surface area contributed by atoms with Gasteiger partial charge in [0.1, 0.15) is 5.75 Å². The summed E-state index contributed by atoms with van der Waals surface area (Å²) < 4.78 is 1.01. The van der Waals surface area contributed by atoms with Gasteiger partial charge in [-0.3, -0.25) is 9.59 Å². The van der Waals surface area contributed by atoms with E-state index in [4.69, 9.17) is 0 Å². The number of hydrazone groups is 1. The van der Waals surface area contributed by atoms with Crippen LogP contribution in [0.1, 0.15) is 12.0 Å². The number of amides is 2. The molecule has 4 unspecified atom stereocenters. The summed E-state index contributed by atoms with van der Waals surface area (Å²) in [4.78, 5) is 25.0. The van der Waals surface area contributed by atoms with E-state index in [9.17, 15) is 14.7 Å². The third-order valence-corrected chi connectivity index (χ3v) is 6.02. The highest BCUT2D eigenvalue weighted by Crippen LogP contribution is 2.52. The molecule has 1 heterocycles. The minimum Gasteiger partial charge on any atom is -0.506 e. The fourth-order valence-corrected chi connectivity index (χ4v) is 5.01. The van der Waals surface area contributed by atoms with Crippen molar-refractivity contribution < 1.29 is 14.7 Å². The van der Waals surface area contributed by atoms with Crippen LogP contribution in [0.5, 0.6) is 5.75 Å². The maximum absolute atomic E-state index is 12.5. The number of nitrogens with zero attached hydrogens (tertiary/aromatic N) is 2. The highest BCUT2D eigenvalue weighted by atomic mass is 79.9. The number of phenols is 1. The molecule has 1 aliphatic heterocycles. The first-order valence-corrected chi connectivity index (χ1v) is 8.84. The molecule has 0 spiro atoms. The van der Waals surface area contributed by atoms with Gasteiger partial charge in [-0.2, -0.15) is 10.1 Å². The molecule has 2 bridgehead atoms. The first kappa shape index (κ1) is 15.1. The lowest BCUT2D eigenvalue weighted by Crippen LogP contribution is -2.28. The maximum Gasteiger partial charge on any atom is 0.254 e. The second-order valence-electron chi connectivity index (χ2n) is 6.07. The largest absolute Gasteiger partial charge is 0.506 e. The van der Waals surface area contributed by atoms with Crippen LogP contribution in [0.2, 0.25) is 0 Å². The van der Waals surface area contributed by atoms with Crippen LogP contribution in [0.15, 0.2) is 38.3 Å². The molecule has 2 aliphatic carbocycles. The minimum atomic E-state index is -0.243. The summed E-state index contributed by atoms with van der Waals surface area (Å²) in [6, 6.07) is 3.33. The molecule has 2 amide bonds. The third kappa shape index (κ3) is 2.21. The van der Waals surface area contributed by atoms with Crippen molar-refractivity contribution in [2.45, 2.75) is 6.42 Å². The van der Waals surface area contributed by atoms with Crippen molar-refractivity contribution in [3.63, 3.8) is 0 Å². The van der Waals surface area contributed by atoms with Crippen LogP contribution in [0.3, 0.4) is 0 Å². The lowest BCUT2D eigenvalue weighted by molar-refractivity contribution is -0.140. The molecule has 2 fully saturated rings. The Morgan fingerprint density at radius 1 is 1.09 bits per heavy atom. The van der Waals surface area contributed by atoms with Crippen LogP contribution < -0.4 is 0 Å². The number of carbonyl (C=O) groups excluding carboxylic acids is 2. The predicted molar refractivity (Wildman–Crippen MR) is 90.7 cm³/mol. The van der Waals surface area contributed by atoms with Crippen LogP contribution in [0.25, 0.3) is 0 Å². The topological polar surface area (TPSA) is 70.0 Å². The fourth-order valence-electron chi connectivity index (χ4n) is 3.78. The number of benzene rings is 1. The van der Waals surface area contributed by atoms with E-state index in [2.05, 4.69) is 49.1 Å². The number of phenolic OH excluding ortho intramolecular Hbond substituents is 1. The van der Waals surface area contributed by atoms with Crippen LogP contribution in [-0.4, -0.2) is 28.1 Å². The minimum absolute atomic E-state index is 0.0904. The van der Waals surface area contributed by atoms with Crippen LogP contribution >= 0.6 is 31.9 Å². The van der Waals surface area contributed by atoms with E-state index >= 15 is 0 Å². The Kier molecular flexibility index (Phi) is 3.46. The van der Waals surface area contributed by atoms with Crippen molar-refractivity contribution >= 4 is 49.9 Å². The lowest BCUT2D eigenvalue weighted by Gasteiger charge is -2.13. The van der Waals surface area contributed by atoms with E-state index in [1.54, 1.807) is 12.1 Å². The summed E-state index contributed by atoms with van der Waals surface area (Å²) in [6.07, 6.45) is 6.47. The smallest absolute Gasteiger partial charge is 0.254 e. The molecule has 0 aromatic heterocycles. The zero-order valence-corrected chi connectivity index (χ0v) is 15.0. The molecule has 4 atom stereocenters. The van der Waals surface area contributed by atoms with E-state index in [0.29, 0.717) is 14.5 Å². The van der Waals surface area contributed by atoms with Gasteiger partial charge in [-0.1, -0.05) is 12.2 Å². The molecule has 1 saturated carbocycles. The Morgan fingerprint density at radius 3 is 2.13 bits per heavy atom. The van der Waals surface area contributed by atoms with Gasteiger partial charge in [0.15, 0.2) is 0 Å². The quantitative estimate of drug-likeness (QED) is 0.437. The highest BCUT2D eigenvalue weighted by molar-refractivity contribution is 9.11.